The fourth-order valence-corrected chi connectivity index (χ4v) is 2.90. The van der Waals surface area contributed by atoms with Gasteiger partial charge in [0, 0.05) is 18.9 Å². The molecule has 0 radical (unpaired) electrons. The molecule has 0 aliphatic heterocycles. The molecule has 19 heavy (non-hydrogen) atoms. The Labute approximate surface area is 116 Å². The second kappa shape index (κ2) is 8.18. The van der Waals surface area contributed by atoms with Crippen LogP contribution >= 0.6 is 0 Å². The molecule has 0 heterocycles. The lowest BCUT2D eigenvalue weighted by atomic mass is 9.90. The standard InChI is InChI=1S/C15H27NO3/c1-3-13(9-12-6-4-5-7-12)15(19)16-10-11(2)8-14(17)18/h11-13H,3-10H2,1-2H3,(H,16,19)(H,17,18). The van der Waals surface area contributed by atoms with Gasteiger partial charge in [-0.1, -0.05) is 39.5 Å². The summed E-state index contributed by atoms with van der Waals surface area (Å²) in [6.07, 6.45) is 7.11. The van der Waals surface area contributed by atoms with E-state index >= 15 is 0 Å². The van der Waals surface area contributed by atoms with Crippen LogP contribution in [0.1, 0.15) is 58.8 Å². The number of carboxylic acids is 1. The van der Waals surface area contributed by atoms with Gasteiger partial charge in [0.15, 0.2) is 0 Å². The summed E-state index contributed by atoms with van der Waals surface area (Å²) in [6, 6.07) is 0. The van der Waals surface area contributed by atoms with Crippen molar-refractivity contribution in [2.24, 2.45) is 17.8 Å². The lowest BCUT2D eigenvalue weighted by Gasteiger charge is -2.19. The minimum absolute atomic E-state index is 0.00885. The average molecular weight is 269 g/mol. The summed E-state index contributed by atoms with van der Waals surface area (Å²) in [5.74, 6) is 0.101. The Morgan fingerprint density at radius 3 is 2.47 bits per heavy atom. The highest BCUT2D eigenvalue weighted by atomic mass is 16.4. The number of nitrogens with one attached hydrogen (secondary N) is 1. The van der Waals surface area contributed by atoms with Gasteiger partial charge in [0.2, 0.25) is 5.91 Å². The molecule has 0 bridgehead atoms. The lowest BCUT2D eigenvalue weighted by molar-refractivity contribution is -0.138. The van der Waals surface area contributed by atoms with E-state index in [9.17, 15) is 9.59 Å². The predicted octanol–water partition coefficient (Wildman–Crippen LogP) is 2.82. The van der Waals surface area contributed by atoms with Crippen molar-refractivity contribution in [3.8, 4) is 0 Å². The van der Waals surface area contributed by atoms with Crippen molar-refractivity contribution in [3.63, 3.8) is 0 Å². The molecule has 2 N–H and O–H groups in total. The Hall–Kier alpha value is -1.06. The zero-order valence-electron chi connectivity index (χ0n) is 12.2. The molecule has 1 aliphatic carbocycles. The van der Waals surface area contributed by atoms with Crippen LogP contribution in [0.5, 0.6) is 0 Å². The minimum atomic E-state index is -0.806. The van der Waals surface area contributed by atoms with E-state index in [0.29, 0.717) is 12.5 Å². The quantitative estimate of drug-likeness (QED) is 0.712. The number of carbonyl (C=O) groups is 2. The van der Waals surface area contributed by atoms with Crippen molar-refractivity contribution in [2.75, 3.05) is 6.54 Å². The molecule has 0 aromatic rings. The molecule has 1 amide bonds. The summed E-state index contributed by atoms with van der Waals surface area (Å²) < 4.78 is 0. The SMILES string of the molecule is CCC(CC1CCCC1)C(=O)NCC(C)CC(=O)O. The summed E-state index contributed by atoms with van der Waals surface area (Å²) in [4.78, 5) is 22.7. The normalized spacial score (nSPS) is 19.1. The van der Waals surface area contributed by atoms with Gasteiger partial charge < -0.3 is 10.4 Å². The van der Waals surface area contributed by atoms with E-state index in [4.69, 9.17) is 5.11 Å². The van der Waals surface area contributed by atoms with Crippen LogP contribution in [0.2, 0.25) is 0 Å². The number of rotatable bonds is 8. The average Bonchev–Trinajstić information content (AvgIpc) is 2.85. The maximum absolute atomic E-state index is 12.1. The summed E-state index contributed by atoms with van der Waals surface area (Å²) in [5, 5.41) is 11.6. The smallest absolute Gasteiger partial charge is 0.303 e. The maximum Gasteiger partial charge on any atom is 0.303 e. The molecule has 1 fully saturated rings. The van der Waals surface area contributed by atoms with Gasteiger partial charge in [-0.3, -0.25) is 9.59 Å². The molecule has 1 rings (SSSR count). The molecule has 0 aromatic heterocycles. The Morgan fingerprint density at radius 2 is 1.95 bits per heavy atom. The number of amides is 1. The Balaban J connectivity index is 2.30. The molecule has 1 aliphatic rings. The van der Waals surface area contributed by atoms with E-state index in [2.05, 4.69) is 12.2 Å². The first-order valence-electron chi connectivity index (χ1n) is 7.52. The lowest BCUT2D eigenvalue weighted by Crippen LogP contribution is -2.34. The van der Waals surface area contributed by atoms with Crippen molar-refractivity contribution in [2.45, 2.75) is 58.8 Å². The molecule has 0 aromatic carbocycles. The van der Waals surface area contributed by atoms with Crippen LogP contribution < -0.4 is 5.32 Å². The van der Waals surface area contributed by atoms with Crippen LogP contribution in [0, 0.1) is 17.8 Å². The van der Waals surface area contributed by atoms with Crippen molar-refractivity contribution < 1.29 is 14.7 Å². The maximum atomic E-state index is 12.1. The van der Waals surface area contributed by atoms with Gasteiger partial charge in [-0.2, -0.15) is 0 Å². The van der Waals surface area contributed by atoms with E-state index in [-0.39, 0.29) is 24.2 Å². The van der Waals surface area contributed by atoms with Crippen LogP contribution in [0.4, 0.5) is 0 Å². The zero-order chi connectivity index (χ0) is 14.3. The van der Waals surface area contributed by atoms with E-state index in [0.717, 1.165) is 12.8 Å². The first-order valence-corrected chi connectivity index (χ1v) is 7.52. The number of hydrogen-bond acceptors (Lipinski definition) is 2. The van der Waals surface area contributed by atoms with Crippen molar-refractivity contribution in [3.05, 3.63) is 0 Å². The van der Waals surface area contributed by atoms with Crippen LogP contribution in [0.3, 0.4) is 0 Å². The second-order valence-electron chi connectivity index (χ2n) is 5.94. The van der Waals surface area contributed by atoms with Crippen LogP contribution in [-0.4, -0.2) is 23.5 Å². The molecular weight excluding hydrogens is 242 g/mol. The van der Waals surface area contributed by atoms with E-state index < -0.39 is 5.97 Å². The van der Waals surface area contributed by atoms with Crippen molar-refractivity contribution in [1.82, 2.24) is 5.32 Å². The summed E-state index contributed by atoms with van der Waals surface area (Å²) in [5.41, 5.74) is 0. The van der Waals surface area contributed by atoms with Crippen molar-refractivity contribution >= 4 is 11.9 Å². The number of carboxylic acid groups (broad SMARTS) is 1. The monoisotopic (exact) mass is 269 g/mol. The highest BCUT2D eigenvalue weighted by Gasteiger charge is 2.24. The third-order valence-corrected chi connectivity index (χ3v) is 4.10. The van der Waals surface area contributed by atoms with Gasteiger partial charge in [0.1, 0.15) is 0 Å². The molecule has 0 saturated heterocycles. The Kier molecular flexibility index (Phi) is 6.89. The Bertz CT molecular complexity index is 298. The number of carbonyl (C=O) groups excluding carboxylic acids is 1. The molecular formula is C15H27NO3. The molecule has 4 nitrogen and oxygen atoms in total. The molecule has 2 atom stereocenters. The van der Waals surface area contributed by atoms with Gasteiger partial charge in [-0.15, -0.1) is 0 Å². The fraction of sp³-hybridized carbons (Fsp3) is 0.867. The van der Waals surface area contributed by atoms with Gasteiger partial charge in [0.05, 0.1) is 0 Å². The minimum Gasteiger partial charge on any atom is -0.481 e. The third kappa shape index (κ3) is 6.08. The molecule has 110 valence electrons. The van der Waals surface area contributed by atoms with Crippen LogP contribution in [0.15, 0.2) is 0 Å². The zero-order valence-corrected chi connectivity index (χ0v) is 12.2. The summed E-state index contributed by atoms with van der Waals surface area (Å²) >= 11 is 0. The van der Waals surface area contributed by atoms with Gasteiger partial charge in [-0.05, 0) is 24.7 Å². The highest BCUT2D eigenvalue weighted by Crippen LogP contribution is 2.31. The highest BCUT2D eigenvalue weighted by molar-refractivity contribution is 5.78. The largest absolute Gasteiger partial charge is 0.481 e. The first-order chi connectivity index (χ1) is 9.02. The fourth-order valence-electron chi connectivity index (χ4n) is 2.90. The van der Waals surface area contributed by atoms with Gasteiger partial charge in [-0.25, -0.2) is 0 Å². The van der Waals surface area contributed by atoms with E-state index in [1.54, 1.807) is 0 Å². The van der Waals surface area contributed by atoms with Crippen molar-refractivity contribution in [1.29, 1.82) is 0 Å². The van der Waals surface area contributed by atoms with Gasteiger partial charge >= 0.3 is 5.97 Å². The van der Waals surface area contributed by atoms with Crippen LogP contribution in [0.25, 0.3) is 0 Å². The number of aliphatic carboxylic acids is 1. The first kappa shape index (κ1) is 16.0. The van der Waals surface area contributed by atoms with Crippen LogP contribution in [-0.2, 0) is 9.59 Å². The molecule has 0 spiro atoms. The molecule has 4 heteroatoms. The summed E-state index contributed by atoms with van der Waals surface area (Å²) in [6.45, 7) is 4.37. The number of hydrogen-bond donors (Lipinski definition) is 2. The topological polar surface area (TPSA) is 66.4 Å². The molecule has 2 unspecified atom stereocenters. The summed E-state index contributed by atoms with van der Waals surface area (Å²) in [7, 11) is 0. The van der Waals surface area contributed by atoms with Gasteiger partial charge in [0.25, 0.3) is 0 Å². The predicted molar refractivity (Wildman–Crippen MR) is 74.8 cm³/mol. The third-order valence-electron chi connectivity index (χ3n) is 4.10. The van der Waals surface area contributed by atoms with E-state index in [1.165, 1.54) is 25.7 Å². The Morgan fingerprint density at radius 1 is 1.32 bits per heavy atom. The molecule has 1 saturated carbocycles. The second-order valence-corrected chi connectivity index (χ2v) is 5.94. The van der Waals surface area contributed by atoms with E-state index in [1.807, 2.05) is 6.92 Å².